The Morgan fingerprint density at radius 1 is 1.35 bits per heavy atom. The van der Waals surface area contributed by atoms with Crippen molar-refractivity contribution in [3.05, 3.63) is 0 Å². The monoisotopic (exact) mass is 240 g/mol. The first-order chi connectivity index (χ1) is 8.15. The van der Waals surface area contributed by atoms with Gasteiger partial charge in [-0.15, -0.1) is 0 Å². The lowest BCUT2D eigenvalue weighted by atomic mass is 9.93. The molecule has 4 unspecified atom stereocenters. The zero-order valence-corrected chi connectivity index (χ0v) is 10.9. The number of likely N-dealkylation sites (tertiary alicyclic amines) is 1. The molecule has 2 aliphatic rings. The van der Waals surface area contributed by atoms with Crippen LogP contribution in [-0.2, 0) is 4.79 Å². The summed E-state index contributed by atoms with van der Waals surface area (Å²) >= 11 is 0. The van der Waals surface area contributed by atoms with Crippen molar-refractivity contribution >= 4 is 5.91 Å². The number of nitrogens with one attached hydrogen (secondary N) is 1. The highest BCUT2D eigenvalue weighted by Crippen LogP contribution is 2.36. The average molecular weight is 240 g/mol. The summed E-state index contributed by atoms with van der Waals surface area (Å²) < 4.78 is 0. The predicted molar refractivity (Wildman–Crippen MR) is 66.6 cm³/mol. The fourth-order valence-electron chi connectivity index (χ4n) is 3.53. The van der Waals surface area contributed by atoms with E-state index in [0.717, 1.165) is 38.6 Å². The normalized spacial score (nSPS) is 36.1. The van der Waals surface area contributed by atoms with Crippen LogP contribution in [0.4, 0.5) is 0 Å². The average Bonchev–Trinajstić information content (AvgIpc) is 2.94. The van der Waals surface area contributed by atoms with Crippen molar-refractivity contribution < 1.29 is 9.90 Å². The van der Waals surface area contributed by atoms with Crippen LogP contribution in [0.5, 0.6) is 0 Å². The first kappa shape index (κ1) is 12.8. The van der Waals surface area contributed by atoms with Gasteiger partial charge in [0.1, 0.15) is 0 Å². The van der Waals surface area contributed by atoms with Crippen molar-refractivity contribution in [2.75, 3.05) is 13.6 Å². The molecule has 4 atom stereocenters. The minimum atomic E-state index is -0.155. The van der Waals surface area contributed by atoms with E-state index >= 15 is 0 Å². The molecule has 1 aliphatic heterocycles. The van der Waals surface area contributed by atoms with Crippen molar-refractivity contribution in [1.82, 2.24) is 10.2 Å². The van der Waals surface area contributed by atoms with Crippen LogP contribution in [0.25, 0.3) is 0 Å². The minimum Gasteiger partial charge on any atom is -0.393 e. The zero-order chi connectivity index (χ0) is 12.4. The quantitative estimate of drug-likeness (QED) is 0.765. The highest BCUT2D eigenvalue weighted by atomic mass is 16.3. The Morgan fingerprint density at radius 3 is 2.71 bits per heavy atom. The largest absolute Gasteiger partial charge is 0.393 e. The Morgan fingerprint density at radius 2 is 2.12 bits per heavy atom. The lowest BCUT2D eigenvalue weighted by Gasteiger charge is -2.34. The van der Waals surface area contributed by atoms with Gasteiger partial charge in [-0.3, -0.25) is 9.69 Å². The summed E-state index contributed by atoms with van der Waals surface area (Å²) in [5, 5.41) is 12.7. The van der Waals surface area contributed by atoms with Gasteiger partial charge < -0.3 is 10.4 Å². The Kier molecular flexibility index (Phi) is 4.05. The lowest BCUT2D eigenvalue weighted by molar-refractivity contribution is -0.126. The second-order valence-corrected chi connectivity index (χ2v) is 5.40. The molecule has 1 saturated heterocycles. The van der Waals surface area contributed by atoms with Gasteiger partial charge in [0.15, 0.2) is 0 Å². The van der Waals surface area contributed by atoms with E-state index in [1.807, 2.05) is 6.92 Å². The van der Waals surface area contributed by atoms with E-state index in [2.05, 4.69) is 10.2 Å². The number of likely N-dealkylation sites (N-methyl/N-ethyl adjacent to an activating group) is 1. The minimum absolute atomic E-state index is 0.0692. The first-order valence-electron chi connectivity index (χ1n) is 6.80. The third-order valence-corrected chi connectivity index (χ3v) is 4.49. The van der Waals surface area contributed by atoms with Gasteiger partial charge in [-0.05, 0) is 39.2 Å². The van der Waals surface area contributed by atoms with E-state index in [1.54, 1.807) is 7.05 Å². The molecule has 1 heterocycles. The van der Waals surface area contributed by atoms with Crippen LogP contribution in [-0.4, -0.2) is 47.7 Å². The number of rotatable bonds is 3. The van der Waals surface area contributed by atoms with Gasteiger partial charge in [-0.1, -0.05) is 6.42 Å². The number of aliphatic hydroxyl groups excluding tert-OH is 1. The third kappa shape index (κ3) is 2.47. The summed E-state index contributed by atoms with van der Waals surface area (Å²) in [4.78, 5) is 14.0. The van der Waals surface area contributed by atoms with Crippen molar-refractivity contribution in [3.63, 3.8) is 0 Å². The van der Waals surface area contributed by atoms with Crippen molar-refractivity contribution in [2.45, 2.75) is 57.2 Å². The van der Waals surface area contributed by atoms with Gasteiger partial charge in [0.25, 0.3) is 0 Å². The molecule has 0 spiro atoms. The van der Waals surface area contributed by atoms with E-state index in [-0.39, 0.29) is 18.1 Å². The molecule has 2 fully saturated rings. The maximum absolute atomic E-state index is 11.7. The van der Waals surface area contributed by atoms with E-state index in [9.17, 15) is 9.90 Å². The molecule has 4 heteroatoms. The molecule has 1 aliphatic carbocycles. The molecule has 0 aromatic carbocycles. The van der Waals surface area contributed by atoms with Crippen LogP contribution in [0.2, 0.25) is 0 Å². The van der Waals surface area contributed by atoms with Crippen LogP contribution < -0.4 is 5.32 Å². The molecule has 98 valence electrons. The second-order valence-electron chi connectivity index (χ2n) is 5.40. The fraction of sp³-hybridized carbons (Fsp3) is 0.923. The first-order valence-corrected chi connectivity index (χ1v) is 6.80. The topological polar surface area (TPSA) is 52.6 Å². The molecule has 2 rings (SSSR count). The van der Waals surface area contributed by atoms with Crippen molar-refractivity contribution in [1.29, 1.82) is 0 Å². The number of nitrogens with zero attached hydrogens (tertiary/aromatic N) is 1. The van der Waals surface area contributed by atoms with E-state index < -0.39 is 0 Å². The van der Waals surface area contributed by atoms with Gasteiger partial charge in [0, 0.05) is 19.0 Å². The number of hydrogen-bond donors (Lipinski definition) is 2. The molecule has 0 radical (unpaired) electrons. The molecule has 0 aromatic heterocycles. The third-order valence-electron chi connectivity index (χ3n) is 4.49. The van der Waals surface area contributed by atoms with Crippen LogP contribution in [0.15, 0.2) is 0 Å². The van der Waals surface area contributed by atoms with Crippen LogP contribution >= 0.6 is 0 Å². The van der Waals surface area contributed by atoms with Gasteiger partial charge >= 0.3 is 0 Å². The van der Waals surface area contributed by atoms with Crippen LogP contribution in [0.3, 0.4) is 0 Å². The molecule has 0 bridgehead atoms. The smallest absolute Gasteiger partial charge is 0.236 e. The maximum atomic E-state index is 11.7. The summed E-state index contributed by atoms with van der Waals surface area (Å²) in [7, 11) is 1.69. The van der Waals surface area contributed by atoms with Crippen LogP contribution in [0.1, 0.15) is 39.0 Å². The van der Waals surface area contributed by atoms with Crippen molar-refractivity contribution in [2.24, 2.45) is 5.92 Å². The molecule has 2 N–H and O–H groups in total. The van der Waals surface area contributed by atoms with Gasteiger partial charge in [0.2, 0.25) is 5.91 Å². The number of amides is 1. The summed E-state index contributed by atoms with van der Waals surface area (Å²) in [6.45, 7) is 2.96. The summed E-state index contributed by atoms with van der Waals surface area (Å²) in [5.41, 5.74) is 0. The Hall–Kier alpha value is -0.610. The molecule has 17 heavy (non-hydrogen) atoms. The van der Waals surface area contributed by atoms with Crippen molar-refractivity contribution in [3.8, 4) is 0 Å². The predicted octanol–water partition coefficient (Wildman–Crippen LogP) is 0.746. The molecule has 0 aromatic rings. The highest BCUT2D eigenvalue weighted by molar-refractivity contribution is 5.81. The highest BCUT2D eigenvalue weighted by Gasteiger charge is 2.40. The molecule has 4 nitrogen and oxygen atoms in total. The van der Waals surface area contributed by atoms with Gasteiger partial charge in [0.05, 0.1) is 12.1 Å². The summed E-state index contributed by atoms with van der Waals surface area (Å²) in [5.74, 6) is 0.467. The standard InChI is InChI=1S/C13H24N2O2/c1-9(13(17)14-2)15-8-4-6-11(15)10-5-3-7-12(10)16/h9-12,16H,3-8H2,1-2H3,(H,14,17). The molecule has 1 amide bonds. The molecular formula is C13H24N2O2. The maximum Gasteiger partial charge on any atom is 0.236 e. The van der Waals surface area contributed by atoms with E-state index in [0.29, 0.717) is 12.0 Å². The fourth-order valence-corrected chi connectivity index (χ4v) is 3.53. The number of hydrogen-bond acceptors (Lipinski definition) is 3. The van der Waals surface area contributed by atoms with Gasteiger partial charge in [-0.2, -0.15) is 0 Å². The number of aliphatic hydroxyl groups is 1. The Balaban J connectivity index is 2.04. The lowest BCUT2D eigenvalue weighted by Crippen LogP contribution is -2.49. The van der Waals surface area contributed by atoms with Crippen LogP contribution in [0, 0.1) is 5.92 Å². The molecule has 1 saturated carbocycles. The summed E-state index contributed by atoms with van der Waals surface area (Å²) in [6.07, 6.45) is 5.30. The van der Waals surface area contributed by atoms with E-state index in [1.165, 1.54) is 0 Å². The number of carbonyl (C=O) groups excluding carboxylic acids is 1. The van der Waals surface area contributed by atoms with Gasteiger partial charge in [-0.25, -0.2) is 0 Å². The number of carbonyl (C=O) groups is 1. The Bertz CT molecular complexity index is 283. The zero-order valence-electron chi connectivity index (χ0n) is 10.9. The Labute approximate surface area is 103 Å². The SMILES string of the molecule is CNC(=O)C(C)N1CCCC1C1CCCC1O. The molecular weight excluding hydrogens is 216 g/mol. The van der Waals surface area contributed by atoms with E-state index in [4.69, 9.17) is 0 Å². The summed E-state index contributed by atoms with van der Waals surface area (Å²) in [6, 6.07) is 0.333. The second kappa shape index (κ2) is 5.36.